The second kappa shape index (κ2) is 11.2. The van der Waals surface area contributed by atoms with E-state index in [-0.39, 0.29) is 0 Å². The Morgan fingerprint density at radius 3 is 1.15 bits per heavy atom. The molecule has 4 nitrogen and oxygen atoms in total. The maximum absolute atomic E-state index is 5.34. The number of nitrogens with zero attached hydrogens (tertiary/aromatic N) is 4. The molecular weight excluding hydrogens is 633 g/mol. The maximum atomic E-state index is 5.34. The van der Waals surface area contributed by atoms with E-state index in [0.717, 1.165) is 56.2 Å². The smallest absolute Gasteiger partial charge is 0.138 e. The number of hydrogen-bond donors (Lipinski definition) is 0. The molecule has 0 amide bonds. The molecule has 11 aromatic rings. The van der Waals surface area contributed by atoms with Crippen molar-refractivity contribution in [2.24, 2.45) is 0 Å². The number of para-hydroxylation sites is 2. The minimum Gasteiger partial charge on any atom is -0.294 e. The molecule has 0 fully saturated rings. The van der Waals surface area contributed by atoms with E-state index in [1.165, 1.54) is 43.1 Å². The molecule has 0 radical (unpaired) electrons. The van der Waals surface area contributed by atoms with Crippen molar-refractivity contribution >= 4 is 65.2 Å². The number of aromatic nitrogens is 4. The van der Waals surface area contributed by atoms with Crippen LogP contribution in [0.1, 0.15) is 0 Å². The Morgan fingerprint density at radius 2 is 0.673 bits per heavy atom. The van der Waals surface area contributed by atoms with Gasteiger partial charge in [0.2, 0.25) is 0 Å². The highest BCUT2D eigenvalue weighted by molar-refractivity contribution is 6.19. The van der Waals surface area contributed by atoms with Crippen molar-refractivity contribution in [2.45, 2.75) is 0 Å². The second-order valence-electron chi connectivity index (χ2n) is 13.4. The predicted octanol–water partition coefficient (Wildman–Crippen LogP) is 12.3. The topological polar surface area (TPSA) is 35.6 Å². The Morgan fingerprint density at radius 1 is 0.288 bits per heavy atom. The van der Waals surface area contributed by atoms with Gasteiger partial charge in [-0.15, -0.1) is 0 Å². The summed E-state index contributed by atoms with van der Waals surface area (Å²) in [5.41, 5.74) is 8.66. The van der Waals surface area contributed by atoms with Crippen molar-refractivity contribution in [3.8, 4) is 34.2 Å². The van der Waals surface area contributed by atoms with Gasteiger partial charge in [0, 0.05) is 32.7 Å². The van der Waals surface area contributed by atoms with Crippen molar-refractivity contribution in [3.63, 3.8) is 0 Å². The largest absolute Gasteiger partial charge is 0.294 e. The van der Waals surface area contributed by atoms with Gasteiger partial charge in [0.15, 0.2) is 0 Å². The zero-order valence-corrected chi connectivity index (χ0v) is 28.1. The highest BCUT2D eigenvalue weighted by Gasteiger charge is 2.20. The van der Waals surface area contributed by atoms with Gasteiger partial charge in [-0.1, -0.05) is 133 Å². The molecule has 0 bridgehead atoms. The summed E-state index contributed by atoms with van der Waals surface area (Å²) in [6.45, 7) is 0. The van der Waals surface area contributed by atoms with Crippen molar-refractivity contribution in [1.82, 2.24) is 19.1 Å². The van der Waals surface area contributed by atoms with E-state index < -0.39 is 0 Å². The van der Waals surface area contributed by atoms with E-state index >= 15 is 0 Å². The Bertz CT molecular complexity index is 2970. The van der Waals surface area contributed by atoms with E-state index in [1.807, 2.05) is 0 Å². The van der Waals surface area contributed by atoms with Crippen LogP contribution in [0.5, 0.6) is 0 Å². The molecule has 0 saturated heterocycles. The molecule has 7 aromatic carbocycles. The van der Waals surface area contributed by atoms with Crippen molar-refractivity contribution in [1.29, 1.82) is 0 Å². The van der Waals surface area contributed by atoms with Crippen LogP contribution < -0.4 is 0 Å². The molecule has 0 aliphatic heterocycles. The first kappa shape index (κ1) is 28.8. The zero-order valence-electron chi connectivity index (χ0n) is 28.1. The zero-order chi connectivity index (χ0) is 34.2. The normalized spacial score (nSPS) is 11.8. The van der Waals surface area contributed by atoms with Gasteiger partial charge >= 0.3 is 0 Å². The monoisotopic (exact) mass is 662 g/mol. The highest BCUT2D eigenvalue weighted by Crippen LogP contribution is 2.40. The molecule has 4 aromatic heterocycles. The molecule has 0 saturated carbocycles. The maximum Gasteiger partial charge on any atom is 0.138 e. The lowest BCUT2D eigenvalue weighted by Crippen LogP contribution is -1.99. The van der Waals surface area contributed by atoms with Crippen molar-refractivity contribution < 1.29 is 0 Å². The van der Waals surface area contributed by atoms with Crippen molar-refractivity contribution in [3.05, 3.63) is 182 Å². The van der Waals surface area contributed by atoms with Gasteiger partial charge in [0.25, 0.3) is 0 Å². The molecule has 11 rings (SSSR count). The first-order chi connectivity index (χ1) is 25.8. The average molecular weight is 663 g/mol. The van der Waals surface area contributed by atoms with E-state index in [2.05, 4.69) is 191 Å². The van der Waals surface area contributed by atoms with Gasteiger partial charge in [0.1, 0.15) is 11.6 Å². The van der Waals surface area contributed by atoms with E-state index in [4.69, 9.17) is 9.97 Å². The lowest BCUT2D eigenvalue weighted by atomic mass is 10.0. The van der Waals surface area contributed by atoms with Crippen LogP contribution in [0.4, 0.5) is 0 Å². The minimum atomic E-state index is 0.893. The Labute approximate surface area is 299 Å². The molecular formula is C48H30N4. The third-order valence-corrected chi connectivity index (χ3v) is 10.5. The fourth-order valence-corrected chi connectivity index (χ4v) is 8.22. The Balaban J connectivity index is 1.16. The molecule has 242 valence electrons. The first-order valence-electron chi connectivity index (χ1n) is 17.7. The second-order valence-corrected chi connectivity index (χ2v) is 13.4. The van der Waals surface area contributed by atoms with Gasteiger partial charge in [-0.2, -0.15) is 0 Å². The molecule has 0 aliphatic rings. The van der Waals surface area contributed by atoms with Gasteiger partial charge in [0.05, 0.1) is 33.5 Å². The standard InChI is InChI=1S/C48H30N4/c1-3-17-33-31(13-1)15-9-21-35(33)41-23-11-27-47(49-41)51-43-25-7-5-19-37(43)39-30-46-40(29-45(39)51)38-20-6-8-26-44(38)52(46)48-28-12-24-42(50-48)36-22-10-16-32-14-2-4-18-34(32)36/h1-30H. The average Bonchev–Trinajstić information content (AvgIpc) is 3.71. The molecule has 52 heavy (non-hydrogen) atoms. The van der Waals surface area contributed by atoms with Crippen LogP contribution in [0.25, 0.3) is 99.3 Å². The molecule has 4 heteroatoms. The van der Waals surface area contributed by atoms with Gasteiger partial charge in [-0.3, -0.25) is 9.13 Å². The molecule has 0 atom stereocenters. The summed E-state index contributed by atoms with van der Waals surface area (Å²) in [6, 6.07) is 64.7. The Kier molecular flexibility index (Phi) is 6.22. The lowest BCUT2D eigenvalue weighted by molar-refractivity contribution is 1.08. The van der Waals surface area contributed by atoms with Crippen LogP contribution in [-0.4, -0.2) is 19.1 Å². The predicted molar refractivity (Wildman–Crippen MR) is 217 cm³/mol. The summed E-state index contributed by atoms with van der Waals surface area (Å²) in [5, 5.41) is 9.54. The fraction of sp³-hybridized carbons (Fsp3) is 0. The van der Waals surface area contributed by atoms with Gasteiger partial charge in [-0.25, -0.2) is 9.97 Å². The molecule has 4 heterocycles. The van der Waals surface area contributed by atoms with Crippen LogP contribution in [0, 0.1) is 0 Å². The van der Waals surface area contributed by atoms with Crippen LogP contribution in [0.15, 0.2) is 182 Å². The van der Waals surface area contributed by atoms with Crippen LogP contribution in [0.2, 0.25) is 0 Å². The van der Waals surface area contributed by atoms with E-state index in [9.17, 15) is 0 Å². The summed E-state index contributed by atoms with van der Waals surface area (Å²) >= 11 is 0. The summed E-state index contributed by atoms with van der Waals surface area (Å²) < 4.78 is 4.65. The van der Waals surface area contributed by atoms with E-state index in [0.29, 0.717) is 0 Å². The summed E-state index contributed by atoms with van der Waals surface area (Å²) in [7, 11) is 0. The summed E-state index contributed by atoms with van der Waals surface area (Å²) in [6.07, 6.45) is 0. The molecule has 0 unspecified atom stereocenters. The van der Waals surface area contributed by atoms with Gasteiger partial charge < -0.3 is 0 Å². The minimum absolute atomic E-state index is 0.893. The highest BCUT2D eigenvalue weighted by atomic mass is 15.1. The number of benzene rings is 7. The SMILES string of the molecule is c1cc(-c2cccc3ccccc23)nc(-n2c3ccccc3c3cc4c(cc32)c2ccccc2n4-c2cccc(-c3cccc4ccccc34)n2)c1. The van der Waals surface area contributed by atoms with Crippen molar-refractivity contribution in [2.75, 3.05) is 0 Å². The molecule has 0 N–H and O–H groups in total. The fourth-order valence-electron chi connectivity index (χ4n) is 8.22. The summed E-state index contributed by atoms with van der Waals surface area (Å²) in [4.78, 5) is 10.7. The van der Waals surface area contributed by atoms with Crippen LogP contribution in [-0.2, 0) is 0 Å². The van der Waals surface area contributed by atoms with E-state index in [1.54, 1.807) is 0 Å². The lowest BCUT2D eigenvalue weighted by Gasteiger charge is -2.12. The van der Waals surface area contributed by atoms with Gasteiger partial charge in [-0.05, 0) is 70.1 Å². The Hall–Kier alpha value is -7.04. The molecule has 0 aliphatic carbocycles. The van der Waals surface area contributed by atoms with Crippen LogP contribution in [0.3, 0.4) is 0 Å². The number of rotatable bonds is 4. The number of fused-ring (bicyclic) bond motifs is 8. The number of hydrogen-bond acceptors (Lipinski definition) is 2. The van der Waals surface area contributed by atoms with Crippen LogP contribution >= 0.6 is 0 Å². The molecule has 0 spiro atoms. The number of pyridine rings is 2. The quantitative estimate of drug-likeness (QED) is 0.188. The summed E-state index contributed by atoms with van der Waals surface area (Å²) in [5.74, 6) is 1.79. The third kappa shape index (κ3) is 4.28. The first-order valence-corrected chi connectivity index (χ1v) is 17.7. The third-order valence-electron chi connectivity index (χ3n) is 10.5.